The molecule has 10 heteroatoms. The van der Waals surface area contributed by atoms with Crippen molar-refractivity contribution in [1.82, 2.24) is 4.98 Å². The first-order chi connectivity index (χ1) is 15.6. The van der Waals surface area contributed by atoms with Gasteiger partial charge in [-0.15, -0.1) is 11.3 Å². The second-order valence-electron chi connectivity index (χ2n) is 7.08. The number of carbonyl (C=O) groups is 1. The number of sulfone groups is 1. The SMILES string of the molecule is CS(=O)(=O)c1ccccc1-c1nc(C(=O)Nc2cc(F)cc(F)c2)sc1-c1ccc(F)cc1. The van der Waals surface area contributed by atoms with E-state index in [4.69, 9.17) is 0 Å². The molecule has 0 saturated carbocycles. The van der Waals surface area contributed by atoms with Gasteiger partial charge in [-0.25, -0.2) is 26.6 Å². The zero-order valence-electron chi connectivity index (χ0n) is 17.0. The van der Waals surface area contributed by atoms with Crippen LogP contribution in [0.1, 0.15) is 9.80 Å². The van der Waals surface area contributed by atoms with E-state index in [1.807, 2.05) is 0 Å². The van der Waals surface area contributed by atoms with Gasteiger partial charge in [0.05, 0.1) is 15.5 Å². The first-order valence-corrected chi connectivity index (χ1v) is 12.2. The maximum absolute atomic E-state index is 13.5. The van der Waals surface area contributed by atoms with Crippen molar-refractivity contribution in [2.24, 2.45) is 0 Å². The minimum absolute atomic E-state index is 0.0119. The van der Waals surface area contributed by atoms with E-state index in [2.05, 4.69) is 10.3 Å². The van der Waals surface area contributed by atoms with Crippen LogP contribution in [0.25, 0.3) is 21.7 Å². The second kappa shape index (κ2) is 8.80. The molecule has 0 aliphatic rings. The van der Waals surface area contributed by atoms with E-state index in [0.29, 0.717) is 16.5 Å². The van der Waals surface area contributed by atoms with Gasteiger partial charge < -0.3 is 5.32 Å². The molecule has 1 N–H and O–H groups in total. The number of nitrogens with one attached hydrogen (secondary N) is 1. The lowest BCUT2D eigenvalue weighted by Crippen LogP contribution is -2.12. The number of halogens is 3. The minimum Gasteiger partial charge on any atom is -0.320 e. The summed E-state index contributed by atoms with van der Waals surface area (Å²) in [6.45, 7) is 0. The zero-order chi connectivity index (χ0) is 23.8. The van der Waals surface area contributed by atoms with Gasteiger partial charge in [0, 0.05) is 23.6 Å². The third-order valence-corrected chi connectivity index (χ3v) is 6.85. The quantitative estimate of drug-likeness (QED) is 0.400. The summed E-state index contributed by atoms with van der Waals surface area (Å²) in [4.78, 5) is 17.6. The number of nitrogens with zero attached hydrogens (tertiary/aromatic N) is 1. The number of amides is 1. The lowest BCUT2D eigenvalue weighted by molar-refractivity contribution is 0.102. The molecule has 0 fully saturated rings. The molecule has 0 atom stereocenters. The third kappa shape index (κ3) is 4.96. The minimum atomic E-state index is -3.64. The highest BCUT2D eigenvalue weighted by molar-refractivity contribution is 7.90. The van der Waals surface area contributed by atoms with Gasteiger partial charge in [-0.05, 0) is 35.9 Å². The summed E-state index contributed by atoms with van der Waals surface area (Å²) in [5.41, 5.74) is 0.895. The molecule has 1 amide bonds. The van der Waals surface area contributed by atoms with E-state index in [1.54, 1.807) is 18.2 Å². The molecule has 0 aliphatic carbocycles. The van der Waals surface area contributed by atoms with Crippen molar-refractivity contribution >= 4 is 32.8 Å². The first kappa shape index (κ1) is 22.7. The second-order valence-corrected chi connectivity index (χ2v) is 10.1. The predicted octanol–water partition coefficient (Wildman–Crippen LogP) is 5.55. The smallest absolute Gasteiger partial charge is 0.284 e. The number of rotatable bonds is 5. The molecule has 5 nitrogen and oxygen atoms in total. The van der Waals surface area contributed by atoms with E-state index in [0.717, 1.165) is 29.7 Å². The molecule has 1 aromatic heterocycles. The van der Waals surface area contributed by atoms with Crippen LogP contribution in [-0.2, 0) is 9.84 Å². The van der Waals surface area contributed by atoms with Crippen LogP contribution in [0.3, 0.4) is 0 Å². The van der Waals surface area contributed by atoms with E-state index >= 15 is 0 Å². The highest BCUT2D eigenvalue weighted by Gasteiger charge is 2.24. The predicted molar refractivity (Wildman–Crippen MR) is 120 cm³/mol. The summed E-state index contributed by atoms with van der Waals surface area (Å²) in [7, 11) is -3.64. The number of thiazole rings is 1. The maximum Gasteiger partial charge on any atom is 0.284 e. The molecule has 0 bridgehead atoms. The topological polar surface area (TPSA) is 76.1 Å². The molecule has 0 aliphatic heterocycles. The average Bonchev–Trinajstić information content (AvgIpc) is 3.18. The van der Waals surface area contributed by atoms with Crippen LogP contribution in [0.5, 0.6) is 0 Å². The highest BCUT2D eigenvalue weighted by atomic mass is 32.2. The van der Waals surface area contributed by atoms with Crippen molar-refractivity contribution in [3.05, 3.63) is 89.2 Å². The molecule has 3 aromatic carbocycles. The van der Waals surface area contributed by atoms with Crippen molar-refractivity contribution in [3.63, 3.8) is 0 Å². The van der Waals surface area contributed by atoms with Crippen molar-refractivity contribution in [3.8, 4) is 21.7 Å². The number of hydrogen-bond donors (Lipinski definition) is 1. The molecule has 1 heterocycles. The number of carbonyl (C=O) groups excluding carboxylic acids is 1. The van der Waals surface area contributed by atoms with E-state index in [1.165, 1.54) is 30.3 Å². The number of benzene rings is 3. The Morgan fingerprint density at radius 2 is 1.55 bits per heavy atom. The molecule has 4 aromatic rings. The Morgan fingerprint density at radius 1 is 0.909 bits per heavy atom. The molecule has 33 heavy (non-hydrogen) atoms. The zero-order valence-corrected chi connectivity index (χ0v) is 18.6. The molecule has 0 spiro atoms. The Morgan fingerprint density at radius 3 is 2.18 bits per heavy atom. The van der Waals surface area contributed by atoms with Gasteiger partial charge in [-0.2, -0.15) is 0 Å². The van der Waals surface area contributed by atoms with E-state index in [9.17, 15) is 26.4 Å². The van der Waals surface area contributed by atoms with Gasteiger partial charge >= 0.3 is 0 Å². The van der Waals surface area contributed by atoms with Crippen molar-refractivity contribution in [2.45, 2.75) is 4.90 Å². The normalized spacial score (nSPS) is 11.4. The molecular formula is C23H15F3N2O3S2. The van der Waals surface area contributed by atoms with E-state index < -0.39 is 33.2 Å². The Labute approximate surface area is 191 Å². The Hall–Kier alpha value is -3.50. The Bertz CT molecular complexity index is 1450. The summed E-state index contributed by atoms with van der Waals surface area (Å²) in [5.74, 6) is -2.93. The van der Waals surface area contributed by atoms with Crippen LogP contribution < -0.4 is 5.32 Å². The number of hydrogen-bond acceptors (Lipinski definition) is 5. The molecule has 0 saturated heterocycles. The Balaban J connectivity index is 1.85. The van der Waals surface area contributed by atoms with Gasteiger partial charge in [0.15, 0.2) is 14.8 Å². The van der Waals surface area contributed by atoms with Gasteiger partial charge in [0.25, 0.3) is 5.91 Å². The molecular weight excluding hydrogens is 473 g/mol. The summed E-state index contributed by atoms with van der Waals surface area (Å²) < 4.78 is 65.1. The fraction of sp³-hybridized carbons (Fsp3) is 0.0435. The number of aromatic nitrogens is 1. The van der Waals surface area contributed by atoms with Crippen molar-refractivity contribution in [1.29, 1.82) is 0 Å². The number of anilines is 1. The standard InChI is InChI=1S/C23H15F3N2O3S2/c1-33(30,31)19-5-3-2-4-18(19)20-21(13-6-8-14(24)9-7-13)32-23(28-20)22(29)27-17-11-15(25)10-16(26)12-17/h2-12H,1H3,(H,27,29). The first-order valence-electron chi connectivity index (χ1n) is 9.45. The molecule has 4 rings (SSSR count). The lowest BCUT2D eigenvalue weighted by Gasteiger charge is -2.08. The summed E-state index contributed by atoms with van der Waals surface area (Å²) in [5, 5.41) is 2.32. The monoisotopic (exact) mass is 488 g/mol. The maximum atomic E-state index is 13.5. The highest BCUT2D eigenvalue weighted by Crippen LogP contribution is 2.39. The van der Waals surface area contributed by atoms with Crippen LogP contribution in [0.15, 0.2) is 71.6 Å². The van der Waals surface area contributed by atoms with Gasteiger partial charge in [0.1, 0.15) is 17.5 Å². The fourth-order valence-corrected chi connectivity index (χ4v) is 5.06. The summed E-state index contributed by atoms with van der Waals surface area (Å²) in [6.07, 6.45) is 1.06. The lowest BCUT2D eigenvalue weighted by atomic mass is 10.1. The van der Waals surface area contributed by atoms with Crippen LogP contribution in [0, 0.1) is 17.5 Å². The van der Waals surface area contributed by atoms with E-state index in [-0.39, 0.29) is 26.8 Å². The van der Waals surface area contributed by atoms with Crippen molar-refractivity contribution in [2.75, 3.05) is 11.6 Å². The van der Waals surface area contributed by atoms with Gasteiger partial charge in [-0.1, -0.05) is 30.3 Å². The van der Waals surface area contributed by atoms with Crippen LogP contribution in [-0.4, -0.2) is 25.6 Å². The molecule has 0 unspecified atom stereocenters. The third-order valence-electron chi connectivity index (χ3n) is 4.59. The van der Waals surface area contributed by atoms with Crippen molar-refractivity contribution < 1.29 is 26.4 Å². The molecule has 168 valence electrons. The molecule has 0 radical (unpaired) electrons. The van der Waals surface area contributed by atoms with Crippen LogP contribution >= 0.6 is 11.3 Å². The summed E-state index contributed by atoms with van der Waals surface area (Å²) >= 11 is 0.940. The van der Waals surface area contributed by atoms with Crippen LogP contribution in [0.2, 0.25) is 0 Å². The summed E-state index contributed by atoms with van der Waals surface area (Å²) in [6, 6.07) is 14.2. The van der Waals surface area contributed by atoms with Gasteiger partial charge in [0.2, 0.25) is 0 Å². The largest absolute Gasteiger partial charge is 0.320 e. The average molecular weight is 489 g/mol. The van der Waals surface area contributed by atoms with Gasteiger partial charge in [-0.3, -0.25) is 4.79 Å². The fourth-order valence-electron chi connectivity index (χ4n) is 3.19. The Kier molecular flexibility index (Phi) is 6.05. The van der Waals surface area contributed by atoms with Crippen LogP contribution in [0.4, 0.5) is 18.9 Å².